The maximum absolute atomic E-state index is 14.0. The van der Waals surface area contributed by atoms with Crippen LogP contribution in [-0.4, -0.2) is 35.6 Å². The van der Waals surface area contributed by atoms with Gasteiger partial charge < -0.3 is 10.2 Å². The highest BCUT2D eigenvalue weighted by Crippen LogP contribution is 2.28. The number of likely N-dealkylation sites (tertiary alicyclic amines) is 1. The van der Waals surface area contributed by atoms with E-state index in [9.17, 15) is 8.78 Å². The SMILES string of the molecule is CCN1CCC(Nc2cc(C)nc3c(F)c(F)ccc23)CC1. The molecule has 0 aliphatic carbocycles. The molecule has 2 aromatic rings. The first kappa shape index (κ1) is 15.2. The Balaban J connectivity index is 1.89. The van der Waals surface area contributed by atoms with Crippen LogP contribution < -0.4 is 5.32 Å². The van der Waals surface area contributed by atoms with Gasteiger partial charge in [-0.1, -0.05) is 6.92 Å². The second kappa shape index (κ2) is 6.16. The lowest BCUT2D eigenvalue weighted by atomic mass is 10.0. The average molecular weight is 305 g/mol. The lowest BCUT2D eigenvalue weighted by Crippen LogP contribution is -2.38. The number of nitrogens with one attached hydrogen (secondary N) is 1. The highest BCUT2D eigenvalue weighted by atomic mass is 19.2. The van der Waals surface area contributed by atoms with Crippen LogP contribution >= 0.6 is 0 Å². The Morgan fingerprint density at radius 2 is 2.00 bits per heavy atom. The number of halogens is 2. The smallest absolute Gasteiger partial charge is 0.185 e. The third kappa shape index (κ3) is 2.90. The number of aryl methyl sites for hydroxylation is 1. The summed E-state index contributed by atoms with van der Waals surface area (Å²) >= 11 is 0. The molecule has 1 aliphatic heterocycles. The van der Waals surface area contributed by atoms with E-state index in [-0.39, 0.29) is 5.52 Å². The molecule has 1 saturated heterocycles. The third-order valence-corrected chi connectivity index (χ3v) is 4.40. The van der Waals surface area contributed by atoms with Crippen LogP contribution in [0.15, 0.2) is 18.2 Å². The van der Waals surface area contributed by atoms with Gasteiger partial charge in [0.15, 0.2) is 11.6 Å². The second-order valence-corrected chi connectivity index (χ2v) is 5.92. The van der Waals surface area contributed by atoms with Gasteiger partial charge in [-0.3, -0.25) is 0 Å². The van der Waals surface area contributed by atoms with Crippen molar-refractivity contribution in [3.8, 4) is 0 Å². The van der Waals surface area contributed by atoms with E-state index in [1.54, 1.807) is 13.0 Å². The Morgan fingerprint density at radius 3 is 2.68 bits per heavy atom. The first-order chi connectivity index (χ1) is 10.6. The molecule has 1 N–H and O–H groups in total. The second-order valence-electron chi connectivity index (χ2n) is 5.92. The van der Waals surface area contributed by atoms with Crippen LogP contribution in [0.3, 0.4) is 0 Å². The molecule has 118 valence electrons. The van der Waals surface area contributed by atoms with E-state index in [1.807, 2.05) is 6.07 Å². The van der Waals surface area contributed by atoms with Gasteiger partial charge in [-0.2, -0.15) is 0 Å². The molecule has 1 aromatic carbocycles. The number of rotatable bonds is 3. The van der Waals surface area contributed by atoms with Gasteiger partial charge in [0.1, 0.15) is 5.52 Å². The summed E-state index contributed by atoms with van der Waals surface area (Å²) in [6.07, 6.45) is 2.11. The summed E-state index contributed by atoms with van der Waals surface area (Å²) in [5, 5.41) is 4.14. The van der Waals surface area contributed by atoms with E-state index in [0.717, 1.165) is 38.2 Å². The molecular weight excluding hydrogens is 284 g/mol. The minimum absolute atomic E-state index is 0.105. The van der Waals surface area contributed by atoms with E-state index in [2.05, 4.69) is 22.1 Å². The van der Waals surface area contributed by atoms with Gasteiger partial charge in [0, 0.05) is 35.9 Å². The largest absolute Gasteiger partial charge is 0.382 e. The van der Waals surface area contributed by atoms with E-state index in [0.29, 0.717) is 17.1 Å². The van der Waals surface area contributed by atoms with Gasteiger partial charge >= 0.3 is 0 Å². The summed E-state index contributed by atoms with van der Waals surface area (Å²) < 4.78 is 27.4. The van der Waals surface area contributed by atoms with Crippen molar-refractivity contribution in [1.82, 2.24) is 9.88 Å². The van der Waals surface area contributed by atoms with Gasteiger partial charge in [0.05, 0.1) is 0 Å². The fraction of sp³-hybridized carbons (Fsp3) is 0.471. The highest BCUT2D eigenvalue weighted by Gasteiger charge is 2.19. The average Bonchev–Trinajstić information content (AvgIpc) is 2.52. The summed E-state index contributed by atoms with van der Waals surface area (Å²) in [6, 6.07) is 5.04. The molecule has 1 aromatic heterocycles. The number of nitrogens with zero attached hydrogens (tertiary/aromatic N) is 2. The van der Waals surface area contributed by atoms with Crippen molar-refractivity contribution in [2.24, 2.45) is 0 Å². The Hall–Kier alpha value is -1.75. The van der Waals surface area contributed by atoms with Crippen LogP contribution in [0.4, 0.5) is 14.5 Å². The standard InChI is InChI=1S/C17H21F2N3/c1-3-22-8-6-12(7-9-22)21-15-10-11(2)20-17-13(15)4-5-14(18)16(17)19/h4-5,10,12H,3,6-9H2,1-2H3,(H,20,21). The summed E-state index contributed by atoms with van der Waals surface area (Å²) in [6.45, 7) is 7.19. The quantitative estimate of drug-likeness (QED) is 0.937. The number of pyridine rings is 1. The van der Waals surface area contributed by atoms with Gasteiger partial charge in [0.2, 0.25) is 0 Å². The molecule has 22 heavy (non-hydrogen) atoms. The predicted molar refractivity (Wildman–Crippen MR) is 85.2 cm³/mol. The van der Waals surface area contributed by atoms with E-state index in [4.69, 9.17) is 0 Å². The number of aromatic nitrogens is 1. The fourth-order valence-electron chi connectivity index (χ4n) is 3.09. The molecule has 1 aliphatic rings. The zero-order chi connectivity index (χ0) is 15.7. The van der Waals surface area contributed by atoms with Crippen LogP contribution in [0.5, 0.6) is 0 Å². The first-order valence-corrected chi connectivity index (χ1v) is 7.82. The van der Waals surface area contributed by atoms with Gasteiger partial charge in [-0.15, -0.1) is 0 Å². The van der Waals surface area contributed by atoms with Crippen LogP contribution in [-0.2, 0) is 0 Å². The monoisotopic (exact) mass is 305 g/mol. The topological polar surface area (TPSA) is 28.2 Å². The van der Waals surface area contributed by atoms with Crippen molar-refractivity contribution >= 4 is 16.6 Å². The van der Waals surface area contributed by atoms with Crippen LogP contribution in [0.1, 0.15) is 25.5 Å². The number of anilines is 1. The van der Waals surface area contributed by atoms with Crippen molar-refractivity contribution in [2.45, 2.75) is 32.7 Å². The normalized spacial score (nSPS) is 17.1. The van der Waals surface area contributed by atoms with Crippen LogP contribution in [0, 0.1) is 18.6 Å². The molecular formula is C17H21F2N3. The lowest BCUT2D eigenvalue weighted by Gasteiger charge is -2.32. The molecule has 3 nitrogen and oxygen atoms in total. The minimum atomic E-state index is -0.870. The van der Waals surface area contributed by atoms with E-state index < -0.39 is 11.6 Å². The Morgan fingerprint density at radius 1 is 1.27 bits per heavy atom. The molecule has 0 radical (unpaired) electrons. The number of hydrogen-bond acceptors (Lipinski definition) is 3. The molecule has 1 fully saturated rings. The van der Waals surface area contributed by atoms with E-state index in [1.165, 1.54) is 6.07 Å². The summed E-state index contributed by atoms with van der Waals surface area (Å²) in [4.78, 5) is 6.57. The van der Waals surface area contributed by atoms with Crippen molar-refractivity contribution in [1.29, 1.82) is 0 Å². The van der Waals surface area contributed by atoms with Crippen LogP contribution in [0.2, 0.25) is 0 Å². The highest BCUT2D eigenvalue weighted by molar-refractivity contribution is 5.92. The predicted octanol–water partition coefficient (Wildman–Crippen LogP) is 3.72. The summed E-state index contributed by atoms with van der Waals surface area (Å²) in [5.41, 5.74) is 1.63. The number of fused-ring (bicyclic) bond motifs is 1. The summed E-state index contributed by atoms with van der Waals surface area (Å²) in [7, 11) is 0. The molecule has 3 rings (SSSR count). The van der Waals surface area contributed by atoms with Crippen LogP contribution in [0.25, 0.3) is 10.9 Å². The Kier molecular flexibility index (Phi) is 4.25. The van der Waals surface area contributed by atoms with Gasteiger partial charge in [-0.05, 0) is 44.5 Å². The fourth-order valence-corrected chi connectivity index (χ4v) is 3.09. The molecule has 0 saturated carbocycles. The molecule has 5 heteroatoms. The molecule has 0 bridgehead atoms. The van der Waals surface area contributed by atoms with Crippen molar-refractivity contribution < 1.29 is 8.78 Å². The first-order valence-electron chi connectivity index (χ1n) is 7.82. The number of benzene rings is 1. The van der Waals surface area contributed by atoms with Crippen molar-refractivity contribution in [3.05, 3.63) is 35.5 Å². The van der Waals surface area contributed by atoms with Crippen molar-refractivity contribution in [2.75, 3.05) is 25.0 Å². The van der Waals surface area contributed by atoms with Gasteiger partial charge in [-0.25, -0.2) is 13.8 Å². The third-order valence-electron chi connectivity index (χ3n) is 4.40. The van der Waals surface area contributed by atoms with E-state index >= 15 is 0 Å². The van der Waals surface area contributed by atoms with Gasteiger partial charge in [0.25, 0.3) is 0 Å². The minimum Gasteiger partial charge on any atom is -0.382 e. The Labute approximate surface area is 129 Å². The lowest BCUT2D eigenvalue weighted by molar-refractivity contribution is 0.229. The molecule has 0 atom stereocenters. The molecule has 0 unspecified atom stereocenters. The number of hydrogen-bond donors (Lipinski definition) is 1. The maximum Gasteiger partial charge on any atom is 0.185 e. The zero-order valence-electron chi connectivity index (χ0n) is 13.0. The molecule has 0 amide bonds. The number of piperidine rings is 1. The van der Waals surface area contributed by atoms with Crippen molar-refractivity contribution in [3.63, 3.8) is 0 Å². The maximum atomic E-state index is 14.0. The Bertz CT molecular complexity index is 679. The summed E-state index contributed by atoms with van der Waals surface area (Å²) in [5.74, 6) is -1.72. The molecule has 2 heterocycles. The zero-order valence-corrected chi connectivity index (χ0v) is 13.0. The molecule has 0 spiro atoms.